The van der Waals surface area contributed by atoms with E-state index in [9.17, 15) is 14.4 Å². The summed E-state index contributed by atoms with van der Waals surface area (Å²) in [5.41, 5.74) is 0. The number of esters is 3. The van der Waals surface area contributed by atoms with Crippen LogP contribution in [0.25, 0.3) is 0 Å². The van der Waals surface area contributed by atoms with Crippen LogP contribution in [-0.4, -0.2) is 37.2 Å². The van der Waals surface area contributed by atoms with Gasteiger partial charge in [-0.3, -0.25) is 14.4 Å². The molecule has 0 aliphatic rings. The van der Waals surface area contributed by atoms with Gasteiger partial charge in [0.1, 0.15) is 13.2 Å². The molecule has 0 bridgehead atoms. The lowest BCUT2D eigenvalue weighted by atomic mass is 10.0. The van der Waals surface area contributed by atoms with Crippen molar-refractivity contribution in [2.24, 2.45) is 0 Å². The number of carbonyl (C=O) groups is 3. The molecule has 0 aromatic carbocycles. The highest BCUT2D eigenvalue weighted by atomic mass is 16.6. The quantitative estimate of drug-likeness (QED) is 0.0271. The van der Waals surface area contributed by atoms with Crippen LogP contribution in [0.5, 0.6) is 0 Å². The number of hydrogen-bond donors (Lipinski definition) is 0. The molecule has 0 aromatic heterocycles. The highest BCUT2D eigenvalue weighted by Crippen LogP contribution is 2.15. The van der Waals surface area contributed by atoms with E-state index < -0.39 is 6.10 Å². The van der Waals surface area contributed by atoms with Crippen LogP contribution in [-0.2, 0) is 28.6 Å². The first kappa shape index (κ1) is 49.1. The summed E-state index contributed by atoms with van der Waals surface area (Å²) in [5, 5.41) is 0. The largest absolute Gasteiger partial charge is 0.462 e. The summed E-state index contributed by atoms with van der Waals surface area (Å²) in [7, 11) is 0. The first-order chi connectivity index (χ1) is 25.0. The molecule has 0 heterocycles. The Hall–Kier alpha value is -1.85. The lowest BCUT2D eigenvalue weighted by Crippen LogP contribution is -2.30. The molecule has 0 spiro atoms. The summed E-state index contributed by atoms with van der Waals surface area (Å²) in [6.07, 6.45) is 42.1. The third-order valence-corrected chi connectivity index (χ3v) is 9.77. The number of rotatable bonds is 40. The highest BCUT2D eigenvalue weighted by Gasteiger charge is 2.19. The lowest BCUT2D eigenvalue weighted by molar-refractivity contribution is -0.167. The summed E-state index contributed by atoms with van der Waals surface area (Å²) in [4.78, 5) is 37.5. The van der Waals surface area contributed by atoms with Gasteiger partial charge in [0.15, 0.2) is 6.10 Å². The van der Waals surface area contributed by atoms with Crippen LogP contribution in [0.1, 0.15) is 239 Å². The standard InChI is InChI=1S/C45H84O6/c1-4-7-10-13-16-18-20-22-24-25-27-29-32-35-38-44(47)50-41-42(40-49-43(46)37-34-31-15-12-9-6-3)51-45(48)39-36-33-30-28-26-23-21-19-17-14-11-8-5-2/h20,22,42H,4-19,21,23-41H2,1-3H3/b22-20-. The fourth-order valence-corrected chi connectivity index (χ4v) is 6.38. The van der Waals surface area contributed by atoms with Crippen LogP contribution in [0.15, 0.2) is 12.2 Å². The molecule has 0 rings (SSSR count). The molecule has 0 fully saturated rings. The van der Waals surface area contributed by atoms with Crippen LogP contribution in [0.4, 0.5) is 0 Å². The Labute approximate surface area is 316 Å². The Morgan fingerprint density at radius 2 is 0.647 bits per heavy atom. The maximum Gasteiger partial charge on any atom is 0.306 e. The molecule has 0 saturated carbocycles. The molecule has 51 heavy (non-hydrogen) atoms. The normalized spacial score (nSPS) is 12.0. The minimum absolute atomic E-state index is 0.0698. The molecule has 0 N–H and O–H groups in total. The van der Waals surface area contributed by atoms with E-state index in [0.29, 0.717) is 19.3 Å². The molecule has 1 atom stereocenters. The minimum Gasteiger partial charge on any atom is -0.462 e. The van der Waals surface area contributed by atoms with E-state index in [2.05, 4.69) is 32.9 Å². The van der Waals surface area contributed by atoms with Gasteiger partial charge in [0, 0.05) is 19.3 Å². The van der Waals surface area contributed by atoms with Crippen LogP contribution in [0.3, 0.4) is 0 Å². The summed E-state index contributed by atoms with van der Waals surface area (Å²) in [5.74, 6) is -0.881. The van der Waals surface area contributed by atoms with Crippen molar-refractivity contribution < 1.29 is 28.6 Å². The second-order valence-corrected chi connectivity index (χ2v) is 15.0. The second kappa shape index (κ2) is 40.9. The molecule has 1 unspecified atom stereocenters. The van der Waals surface area contributed by atoms with Crippen molar-refractivity contribution in [3.05, 3.63) is 12.2 Å². The molecule has 6 nitrogen and oxygen atoms in total. The second-order valence-electron chi connectivity index (χ2n) is 15.0. The molecule has 0 aliphatic carbocycles. The SMILES string of the molecule is CCCCCCC/C=C\CCCCCCCC(=O)OCC(COC(=O)CCCCCCCC)OC(=O)CCCCCCCCCCCCCCC. The van der Waals surface area contributed by atoms with Gasteiger partial charge < -0.3 is 14.2 Å². The Balaban J connectivity index is 4.26. The van der Waals surface area contributed by atoms with Crippen molar-refractivity contribution >= 4 is 17.9 Å². The van der Waals surface area contributed by atoms with Crippen molar-refractivity contribution in [2.75, 3.05) is 13.2 Å². The summed E-state index contributed by atoms with van der Waals surface area (Å²) in [6, 6.07) is 0. The van der Waals surface area contributed by atoms with Crippen molar-refractivity contribution in [3.63, 3.8) is 0 Å². The van der Waals surface area contributed by atoms with Crippen molar-refractivity contribution in [1.29, 1.82) is 0 Å². The van der Waals surface area contributed by atoms with Crippen LogP contribution < -0.4 is 0 Å². The van der Waals surface area contributed by atoms with Gasteiger partial charge in [-0.05, 0) is 44.9 Å². The number of unbranched alkanes of at least 4 members (excludes halogenated alkanes) is 27. The van der Waals surface area contributed by atoms with E-state index in [1.54, 1.807) is 0 Å². The van der Waals surface area contributed by atoms with Crippen molar-refractivity contribution in [2.45, 2.75) is 245 Å². The minimum atomic E-state index is -0.763. The zero-order valence-corrected chi connectivity index (χ0v) is 34.1. The highest BCUT2D eigenvalue weighted by molar-refractivity contribution is 5.71. The van der Waals surface area contributed by atoms with E-state index >= 15 is 0 Å². The molecular formula is C45H84O6. The fourth-order valence-electron chi connectivity index (χ4n) is 6.38. The average Bonchev–Trinajstić information content (AvgIpc) is 3.13. The number of ether oxygens (including phenoxy) is 3. The molecule has 0 amide bonds. The van der Waals surface area contributed by atoms with E-state index in [4.69, 9.17) is 14.2 Å². The third kappa shape index (κ3) is 39.2. The van der Waals surface area contributed by atoms with E-state index in [1.807, 2.05) is 0 Å². The first-order valence-corrected chi connectivity index (χ1v) is 22.2. The van der Waals surface area contributed by atoms with Gasteiger partial charge in [-0.1, -0.05) is 187 Å². The van der Waals surface area contributed by atoms with E-state index in [1.165, 1.54) is 135 Å². The molecule has 0 radical (unpaired) electrons. The van der Waals surface area contributed by atoms with Crippen LogP contribution >= 0.6 is 0 Å². The predicted molar refractivity (Wildman–Crippen MR) is 215 cm³/mol. The number of carbonyl (C=O) groups excluding carboxylic acids is 3. The van der Waals surface area contributed by atoms with Gasteiger partial charge >= 0.3 is 17.9 Å². The first-order valence-electron chi connectivity index (χ1n) is 22.2. The van der Waals surface area contributed by atoms with Gasteiger partial charge in [0.05, 0.1) is 0 Å². The topological polar surface area (TPSA) is 78.9 Å². The Bertz CT molecular complexity index is 794. The molecular weight excluding hydrogens is 636 g/mol. The van der Waals surface area contributed by atoms with Gasteiger partial charge in [-0.2, -0.15) is 0 Å². The third-order valence-electron chi connectivity index (χ3n) is 9.77. The number of hydrogen-bond acceptors (Lipinski definition) is 6. The fraction of sp³-hybridized carbons (Fsp3) is 0.889. The molecule has 6 heteroatoms. The summed E-state index contributed by atoms with van der Waals surface area (Å²) in [6.45, 7) is 6.56. The monoisotopic (exact) mass is 721 g/mol. The predicted octanol–water partition coefficient (Wildman–Crippen LogP) is 13.9. The maximum atomic E-state index is 12.7. The van der Waals surface area contributed by atoms with Gasteiger partial charge in [-0.25, -0.2) is 0 Å². The van der Waals surface area contributed by atoms with E-state index in [0.717, 1.165) is 64.2 Å². The summed E-state index contributed by atoms with van der Waals surface area (Å²) < 4.78 is 16.6. The zero-order chi connectivity index (χ0) is 37.3. The zero-order valence-electron chi connectivity index (χ0n) is 34.1. The van der Waals surface area contributed by atoms with E-state index in [-0.39, 0.29) is 31.1 Å². The molecule has 0 saturated heterocycles. The molecule has 0 aromatic rings. The van der Waals surface area contributed by atoms with Crippen LogP contribution in [0.2, 0.25) is 0 Å². The Morgan fingerprint density at radius 1 is 0.373 bits per heavy atom. The Morgan fingerprint density at radius 3 is 0.980 bits per heavy atom. The number of allylic oxidation sites excluding steroid dienone is 2. The maximum absolute atomic E-state index is 12.7. The molecule has 0 aliphatic heterocycles. The van der Waals surface area contributed by atoms with Crippen molar-refractivity contribution in [1.82, 2.24) is 0 Å². The molecule has 300 valence electrons. The van der Waals surface area contributed by atoms with Gasteiger partial charge in [0.2, 0.25) is 0 Å². The van der Waals surface area contributed by atoms with Gasteiger partial charge in [0.25, 0.3) is 0 Å². The lowest BCUT2D eigenvalue weighted by Gasteiger charge is -2.18. The smallest absolute Gasteiger partial charge is 0.306 e. The van der Waals surface area contributed by atoms with Crippen LogP contribution in [0, 0.1) is 0 Å². The van der Waals surface area contributed by atoms with Gasteiger partial charge in [-0.15, -0.1) is 0 Å². The average molecular weight is 721 g/mol. The Kier molecular flexibility index (Phi) is 39.4. The summed E-state index contributed by atoms with van der Waals surface area (Å²) >= 11 is 0. The van der Waals surface area contributed by atoms with Crippen molar-refractivity contribution in [3.8, 4) is 0 Å².